The Morgan fingerprint density at radius 1 is 1.05 bits per heavy atom. The Labute approximate surface area is 121 Å². The Morgan fingerprint density at radius 2 is 1.85 bits per heavy atom. The Morgan fingerprint density at radius 3 is 2.60 bits per heavy atom. The molecule has 0 atom stereocenters. The molecule has 0 bridgehead atoms. The summed E-state index contributed by atoms with van der Waals surface area (Å²) in [7, 11) is 0. The van der Waals surface area contributed by atoms with Crippen molar-refractivity contribution in [2.24, 2.45) is 0 Å². The zero-order valence-electron chi connectivity index (χ0n) is 11.0. The van der Waals surface area contributed by atoms with Gasteiger partial charge in [-0.2, -0.15) is 0 Å². The van der Waals surface area contributed by atoms with Gasteiger partial charge in [-0.15, -0.1) is 10.2 Å². The lowest BCUT2D eigenvalue weighted by atomic mass is 9.96. The molecule has 0 aliphatic heterocycles. The van der Waals surface area contributed by atoms with E-state index in [9.17, 15) is 10.2 Å². The number of nitrogens with one attached hydrogen (secondary N) is 1. The summed E-state index contributed by atoms with van der Waals surface area (Å²) in [6.07, 6.45) is 6.25. The van der Waals surface area contributed by atoms with Gasteiger partial charge in [0.1, 0.15) is 5.01 Å². The molecule has 6 heteroatoms. The molecule has 0 amide bonds. The van der Waals surface area contributed by atoms with Crippen molar-refractivity contribution in [1.82, 2.24) is 10.2 Å². The van der Waals surface area contributed by atoms with Crippen LogP contribution in [-0.4, -0.2) is 26.5 Å². The maximum Gasteiger partial charge on any atom is 0.206 e. The molecule has 0 radical (unpaired) electrons. The summed E-state index contributed by atoms with van der Waals surface area (Å²) in [6.45, 7) is 0. The molecule has 1 saturated carbocycles. The predicted molar refractivity (Wildman–Crippen MR) is 79.2 cm³/mol. The summed E-state index contributed by atoms with van der Waals surface area (Å²) in [5.41, 5.74) is 0.759. The fraction of sp³-hybridized carbons (Fsp3) is 0.429. The topological polar surface area (TPSA) is 78.3 Å². The molecule has 0 spiro atoms. The minimum Gasteiger partial charge on any atom is -0.504 e. The van der Waals surface area contributed by atoms with E-state index < -0.39 is 0 Å². The quantitative estimate of drug-likeness (QED) is 0.756. The SMILES string of the molecule is Oc1ccc(-c2nnc(NC3CCCCC3)s2)cc1O. The lowest BCUT2D eigenvalue weighted by Crippen LogP contribution is -2.21. The lowest BCUT2D eigenvalue weighted by molar-refractivity contribution is 0.404. The Bertz CT molecular complexity index is 594. The second-order valence-corrected chi connectivity index (χ2v) is 6.07. The molecule has 1 aromatic heterocycles. The highest BCUT2D eigenvalue weighted by Gasteiger charge is 2.15. The molecule has 3 rings (SSSR count). The van der Waals surface area contributed by atoms with E-state index >= 15 is 0 Å². The van der Waals surface area contributed by atoms with Crippen molar-refractivity contribution in [3.05, 3.63) is 18.2 Å². The van der Waals surface area contributed by atoms with E-state index in [4.69, 9.17) is 0 Å². The molecule has 2 aromatic rings. The van der Waals surface area contributed by atoms with Gasteiger partial charge in [0.25, 0.3) is 0 Å². The summed E-state index contributed by atoms with van der Waals surface area (Å²) >= 11 is 1.47. The van der Waals surface area contributed by atoms with Crippen LogP contribution in [0.1, 0.15) is 32.1 Å². The molecule has 5 nitrogen and oxygen atoms in total. The maximum absolute atomic E-state index is 9.52. The van der Waals surface area contributed by atoms with Crippen molar-refractivity contribution >= 4 is 16.5 Å². The van der Waals surface area contributed by atoms with Crippen LogP contribution in [0.4, 0.5) is 5.13 Å². The first-order valence-electron chi connectivity index (χ1n) is 6.85. The molecular weight excluding hydrogens is 274 g/mol. The standard InChI is InChI=1S/C14H17N3O2S/c18-11-7-6-9(8-12(11)19)13-16-17-14(20-13)15-10-4-2-1-3-5-10/h6-8,10,18-19H,1-5H2,(H,15,17). The number of aromatic nitrogens is 2. The first-order chi connectivity index (χ1) is 9.72. The van der Waals surface area contributed by atoms with Gasteiger partial charge in [-0.1, -0.05) is 30.6 Å². The van der Waals surface area contributed by atoms with Crippen LogP contribution in [0.5, 0.6) is 11.5 Å². The van der Waals surface area contributed by atoms with Crippen LogP contribution in [-0.2, 0) is 0 Å². The van der Waals surface area contributed by atoms with Crippen molar-refractivity contribution in [3.8, 4) is 22.1 Å². The normalized spacial score (nSPS) is 16.2. The number of anilines is 1. The Kier molecular flexibility index (Phi) is 3.73. The fourth-order valence-electron chi connectivity index (χ4n) is 2.48. The number of aromatic hydroxyl groups is 2. The summed E-state index contributed by atoms with van der Waals surface area (Å²) in [5, 5.41) is 32.1. The molecule has 106 valence electrons. The van der Waals surface area contributed by atoms with Crippen LogP contribution >= 0.6 is 11.3 Å². The number of phenols is 2. The van der Waals surface area contributed by atoms with E-state index in [1.165, 1.54) is 55.6 Å². The van der Waals surface area contributed by atoms with Gasteiger partial charge < -0.3 is 15.5 Å². The zero-order valence-corrected chi connectivity index (χ0v) is 11.9. The maximum atomic E-state index is 9.52. The van der Waals surface area contributed by atoms with Gasteiger partial charge >= 0.3 is 0 Å². The minimum atomic E-state index is -0.139. The number of nitrogens with zero attached hydrogens (tertiary/aromatic N) is 2. The summed E-state index contributed by atoms with van der Waals surface area (Å²) in [4.78, 5) is 0. The van der Waals surface area contributed by atoms with Crippen LogP contribution in [0.15, 0.2) is 18.2 Å². The van der Waals surface area contributed by atoms with Crippen molar-refractivity contribution in [3.63, 3.8) is 0 Å². The van der Waals surface area contributed by atoms with Gasteiger partial charge in [0.05, 0.1) is 0 Å². The molecule has 1 aliphatic rings. The van der Waals surface area contributed by atoms with E-state index in [1.54, 1.807) is 6.07 Å². The van der Waals surface area contributed by atoms with Crippen LogP contribution in [0, 0.1) is 0 Å². The van der Waals surface area contributed by atoms with Crippen molar-refractivity contribution in [2.45, 2.75) is 38.1 Å². The highest BCUT2D eigenvalue weighted by Crippen LogP contribution is 2.33. The van der Waals surface area contributed by atoms with Crippen LogP contribution in [0.25, 0.3) is 10.6 Å². The molecule has 1 aliphatic carbocycles. The predicted octanol–water partition coefficient (Wildman–Crippen LogP) is 3.36. The minimum absolute atomic E-state index is 0.126. The second kappa shape index (κ2) is 5.66. The third kappa shape index (κ3) is 2.85. The van der Waals surface area contributed by atoms with Crippen molar-refractivity contribution in [1.29, 1.82) is 0 Å². The number of benzene rings is 1. The molecule has 20 heavy (non-hydrogen) atoms. The van der Waals surface area contributed by atoms with Gasteiger partial charge in [-0.05, 0) is 31.0 Å². The average Bonchev–Trinajstić information content (AvgIpc) is 2.91. The summed E-state index contributed by atoms with van der Waals surface area (Å²) in [5.74, 6) is -0.265. The molecule has 0 saturated heterocycles. The van der Waals surface area contributed by atoms with Crippen molar-refractivity contribution in [2.75, 3.05) is 5.32 Å². The van der Waals surface area contributed by atoms with Gasteiger partial charge in [-0.3, -0.25) is 0 Å². The van der Waals surface area contributed by atoms with E-state index in [0.29, 0.717) is 6.04 Å². The molecular formula is C14H17N3O2S. The molecule has 1 aromatic carbocycles. The summed E-state index contributed by atoms with van der Waals surface area (Å²) in [6, 6.07) is 5.18. The molecule has 0 unspecified atom stereocenters. The van der Waals surface area contributed by atoms with E-state index in [2.05, 4.69) is 15.5 Å². The lowest BCUT2D eigenvalue weighted by Gasteiger charge is -2.21. The second-order valence-electron chi connectivity index (χ2n) is 5.10. The average molecular weight is 291 g/mol. The van der Waals surface area contributed by atoms with Crippen LogP contribution < -0.4 is 5.32 Å². The van der Waals surface area contributed by atoms with Gasteiger partial charge in [0.15, 0.2) is 11.5 Å². The largest absolute Gasteiger partial charge is 0.504 e. The van der Waals surface area contributed by atoms with Gasteiger partial charge in [0.2, 0.25) is 5.13 Å². The third-order valence-corrected chi connectivity index (χ3v) is 4.48. The van der Waals surface area contributed by atoms with E-state index in [0.717, 1.165) is 15.7 Å². The van der Waals surface area contributed by atoms with Crippen LogP contribution in [0.3, 0.4) is 0 Å². The fourth-order valence-corrected chi connectivity index (χ4v) is 3.29. The third-order valence-electron chi connectivity index (χ3n) is 3.58. The molecule has 1 heterocycles. The number of phenolic OH excluding ortho intramolecular Hbond substituents is 2. The summed E-state index contributed by atoms with van der Waals surface area (Å²) < 4.78 is 0. The highest BCUT2D eigenvalue weighted by molar-refractivity contribution is 7.18. The smallest absolute Gasteiger partial charge is 0.206 e. The number of rotatable bonds is 3. The van der Waals surface area contributed by atoms with E-state index in [1.807, 2.05) is 0 Å². The zero-order chi connectivity index (χ0) is 13.9. The first kappa shape index (κ1) is 13.2. The number of hydrogen-bond donors (Lipinski definition) is 3. The van der Waals surface area contributed by atoms with Gasteiger partial charge in [0, 0.05) is 11.6 Å². The van der Waals surface area contributed by atoms with Crippen molar-refractivity contribution < 1.29 is 10.2 Å². The molecule has 1 fully saturated rings. The van der Waals surface area contributed by atoms with Crippen LogP contribution in [0.2, 0.25) is 0 Å². The number of hydrogen-bond acceptors (Lipinski definition) is 6. The Hall–Kier alpha value is -1.82. The highest BCUT2D eigenvalue weighted by atomic mass is 32.1. The Balaban J connectivity index is 1.73. The van der Waals surface area contributed by atoms with E-state index in [-0.39, 0.29) is 11.5 Å². The van der Waals surface area contributed by atoms with Gasteiger partial charge in [-0.25, -0.2) is 0 Å². The molecule has 3 N–H and O–H groups in total. The first-order valence-corrected chi connectivity index (χ1v) is 7.66. The monoisotopic (exact) mass is 291 g/mol.